The maximum atomic E-state index is 13.1. The van der Waals surface area contributed by atoms with Gasteiger partial charge in [0.05, 0.1) is 24.2 Å². The van der Waals surface area contributed by atoms with Gasteiger partial charge >= 0.3 is 0 Å². The molecule has 0 bridgehead atoms. The summed E-state index contributed by atoms with van der Waals surface area (Å²) in [6.07, 6.45) is 0. The van der Waals surface area contributed by atoms with E-state index in [1.54, 1.807) is 6.07 Å². The van der Waals surface area contributed by atoms with Crippen LogP contribution >= 0.6 is 0 Å². The topological polar surface area (TPSA) is 58.6 Å². The Hall–Kier alpha value is -1.73. The Bertz CT molecular complexity index is 862. The van der Waals surface area contributed by atoms with Crippen molar-refractivity contribution in [1.82, 2.24) is 9.62 Å². The Morgan fingerprint density at radius 3 is 2.37 bits per heavy atom. The van der Waals surface area contributed by atoms with Crippen LogP contribution in [-0.2, 0) is 14.8 Å². The minimum absolute atomic E-state index is 0.0463. The van der Waals surface area contributed by atoms with E-state index in [9.17, 15) is 8.42 Å². The highest BCUT2D eigenvalue weighted by molar-refractivity contribution is 7.89. The summed E-state index contributed by atoms with van der Waals surface area (Å²) in [6, 6.07) is 15.3. The Morgan fingerprint density at radius 1 is 1.04 bits per heavy atom. The average Bonchev–Trinajstić information content (AvgIpc) is 2.65. The number of benzene rings is 2. The van der Waals surface area contributed by atoms with Crippen LogP contribution in [0.2, 0.25) is 0 Å². The van der Waals surface area contributed by atoms with Gasteiger partial charge in [0.1, 0.15) is 0 Å². The molecule has 2 atom stereocenters. The molecule has 0 saturated carbocycles. The van der Waals surface area contributed by atoms with Crippen LogP contribution in [0.15, 0.2) is 53.4 Å². The van der Waals surface area contributed by atoms with Crippen LogP contribution in [0.5, 0.6) is 0 Å². The van der Waals surface area contributed by atoms with Crippen LogP contribution in [-0.4, -0.2) is 45.7 Å². The molecule has 0 amide bonds. The molecule has 27 heavy (non-hydrogen) atoms. The molecule has 0 radical (unpaired) electrons. The lowest BCUT2D eigenvalue weighted by Gasteiger charge is -2.38. The first kappa shape index (κ1) is 20.0. The summed E-state index contributed by atoms with van der Waals surface area (Å²) in [5.74, 6) is 0. The highest BCUT2D eigenvalue weighted by Crippen LogP contribution is 2.27. The standard InChI is InChI=1S/C21H28N2O3S/c1-16-9-10-17(2)20(15-16)27(24,25)22-18(3)21(19-7-5-4-6-8-19)23-11-13-26-14-12-23/h4-10,15,18,21-22H,11-14H2,1-3H3/t18-,21-/m1/s1. The van der Waals surface area contributed by atoms with Crippen LogP contribution in [0.4, 0.5) is 0 Å². The van der Waals surface area contributed by atoms with E-state index >= 15 is 0 Å². The van der Waals surface area contributed by atoms with Gasteiger partial charge in [0.2, 0.25) is 10.0 Å². The maximum absolute atomic E-state index is 13.1. The summed E-state index contributed by atoms with van der Waals surface area (Å²) in [5, 5.41) is 0. The fourth-order valence-electron chi connectivity index (χ4n) is 3.69. The smallest absolute Gasteiger partial charge is 0.241 e. The summed E-state index contributed by atoms with van der Waals surface area (Å²) in [4.78, 5) is 2.65. The van der Waals surface area contributed by atoms with Gasteiger partial charge < -0.3 is 4.74 Å². The van der Waals surface area contributed by atoms with E-state index in [4.69, 9.17) is 4.74 Å². The molecule has 0 spiro atoms. The second-order valence-corrected chi connectivity index (χ2v) is 8.87. The number of sulfonamides is 1. The zero-order chi connectivity index (χ0) is 19.4. The summed E-state index contributed by atoms with van der Waals surface area (Å²) in [7, 11) is -3.61. The number of nitrogens with zero attached hydrogens (tertiary/aromatic N) is 1. The van der Waals surface area contributed by atoms with Gasteiger partial charge in [0.15, 0.2) is 0 Å². The monoisotopic (exact) mass is 388 g/mol. The molecular weight excluding hydrogens is 360 g/mol. The van der Waals surface area contributed by atoms with Crippen molar-refractivity contribution in [3.8, 4) is 0 Å². The van der Waals surface area contributed by atoms with Gasteiger partial charge in [0, 0.05) is 19.1 Å². The van der Waals surface area contributed by atoms with Crippen LogP contribution in [0.3, 0.4) is 0 Å². The summed E-state index contributed by atoms with van der Waals surface area (Å²) < 4.78 is 34.6. The Morgan fingerprint density at radius 2 is 1.70 bits per heavy atom. The lowest BCUT2D eigenvalue weighted by molar-refractivity contribution is 0.0105. The fourth-order valence-corrected chi connectivity index (χ4v) is 5.27. The fraction of sp³-hybridized carbons (Fsp3) is 0.429. The Kier molecular flexibility index (Phi) is 6.32. The number of ether oxygens (including phenoxy) is 1. The van der Waals surface area contributed by atoms with Crippen LogP contribution in [0.1, 0.15) is 29.7 Å². The van der Waals surface area contributed by atoms with Gasteiger partial charge in [-0.15, -0.1) is 0 Å². The molecule has 1 heterocycles. The number of aryl methyl sites for hydroxylation is 2. The van der Waals surface area contributed by atoms with Crippen molar-refractivity contribution in [3.63, 3.8) is 0 Å². The van der Waals surface area contributed by atoms with E-state index in [-0.39, 0.29) is 12.1 Å². The summed E-state index contributed by atoms with van der Waals surface area (Å²) in [5.41, 5.74) is 2.79. The number of hydrogen-bond donors (Lipinski definition) is 1. The first-order chi connectivity index (χ1) is 12.9. The van der Waals surface area contributed by atoms with Crippen LogP contribution in [0.25, 0.3) is 0 Å². The normalized spacial score (nSPS) is 18.2. The lowest BCUT2D eigenvalue weighted by Crippen LogP contribution is -2.48. The average molecular weight is 389 g/mol. The first-order valence-corrected chi connectivity index (χ1v) is 10.8. The molecule has 2 aromatic rings. The Labute approximate surface area is 162 Å². The third-order valence-electron chi connectivity index (χ3n) is 5.03. The van der Waals surface area contributed by atoms with Crippen molar-refractivity contribution in [2.45, 2.75) is 37.8 Å². The predicted octanol–water partition coefficient (Wildman–Crippen LogP) is 3.04. The van der Waals surface area contributed by atoms with Crippen molar-refractivity contribution < 1.29 is 13.2 Å². The van der Waals surface area contributed by atoms with Crippen molar-refractivity contribution in [1.29, 1.82) is 0 Å². The van der Waals surface area contributed by atoms with E-state index in [2.05, 4.69) is 21.8 Å². The zero-order valence-corrected chi connectivity index (χ0v) is 17.0. The zero-order valence-electron chi connectivity index (χ0n) is 16.2. The number of hydrogen-bond acceptors (Lipinski definition) is 4. The SMILES string of the molecule is Cc1ccc(C)c(S(=O)(=O)N[C@H](C)[C@H](c2ccccc2)N2CCOCC2)c1. The minimum Gasteiger partial charge on any atom is -0.379 e. The highest BCUT2D eigenvalue weighted by atomic mass is 32.2. The van der Waals surface area contributed by atoms with Crippen LogP contribution in [0, 0.1) is 13.8 Å². The third-order valence-corrected chi connectivity index (χ3v) is 6.73. The first-order valence-electron chi connectivity index (χ1n) is 9.35. The number of rotatable bonds is 6. The molecule has 1 saturated heterocycles. The van der Waals surface area contributed by atoms with E-state index in [1.807, 2.05) is 51.1 Å². The van der Waals surface area contributed by atoms with Gasteiger partial charge in [-0.05, 0) is 43.5 Å². The summed E-state index contributed by atoms with van der Waals surface area (Å²) >= 11 is 0. The van der Waals surface area contributed by atoms with Gasteiger partial charge in [-0.2, -0.15) is 0 Å². The second-order valence-electron chi connectivity index (χ2n) is 7.18. The van der Waals surface area contributed by atoms with E-state index in [0.717, 1.165) is 29.8 Å². The molecule has 6 heteroatoms. The minimum atomic E-state index is -3.61. The molecule has 0 aliphatic carbocycles. The van der Waals surface area contributed by atoms with Gasteiger partial charge in [-0.25, -0.2) is 13.1 Å². The largest absolute Gasteiger partial charge is 0.379 e. The quantitative estimate of drug-likeness (QED) is 0.826. The van der Waals surface area contributed by atoms with Gasteiger partial charge in [0.25, 0.3) is 0 Å². The van der Waals surface area contributed by atoms with Crippen LogP contribution < -0.4 is 4.72 Å². The molecule has 0 aromatic heterocycles. The molecular formula is C21H28N2O3S. The van der Waals surface area contributed by atoms with Crippen molar-refractivity contribution in [3.05, 3.63) is 65.2 Å². The van der Waals surface area contributed by atoms with Gasteiger partial charge in [-0.1, -0.05) is 42.5 Å². The molecule has 1 N–H and O–H groups in total. The summed E-state index contributed by atoms with van der Waals surface area (Å²) in [6.45, 7) is 8.58. The molecule has 1 aliphatic rings. The maximum Gasteiger partial charge on any atom is 0.241 e. The molecule has 1 aliphatic heterocycles. The van der Waals surface area contributed by atoms with E-state index in [0.29, 0.717) is 18.1 Å². The predicted molar refractivity (Wildman–Crippen MR) is 107 cm³/mol. The van der Waals surface area contributed by atoms with Gasteiger partial charge in [-0.3, -0.25) is 4.90 Å². The van der Waals surface area contributed by atoms with Crippen molar-refractivity contribution in [2.24, 2.45) is 0 Å². The number of nitrogens with one attached hydrogen (secondary N) is 1. The molecule has 1 fully saturated rings. The molecule has 2 aromatic carbocycles. The second kappa shape index (κ2) is 8.52. The highest BCUT2D eigenvalue weighted by Gasteiger charge is 2.31. The number of morpholine rings is 1. The molecule has 5 nitrogen and oxygen atoms in total. The van der Waals surface area contributed by atoms with E-state index in [1.165, 1.54) is 0 Å². The third kappa shape index (κ3) is 4.76. The Balaban J connectivity index is 1.89. The van der Waals surface area contributed by atoms with Crippen molar-refractivity contribution >= 4 is 10.0 Å². The molecule has 146 valence electrons. The van der Waals surface area contributed by atoms with E-state index < -0.39 is 10.0 Å². The van der Waals surface area contributed by atoms with Crippen molar-refractivity contribution in [2.75, 3.05) is 26.3 Å². The lowest BCUT2D eigenvalue weighted by atomic mass is 9.99. The molecule has 3 rings (SSSR count). The molecule has 0 unspecified atom stereocenters.